The monoisotopic (exact) mass is 409 g/mol. The Bertz CT molecular complexity index is 854. The van der Waals surface area contributed by atoms with Crippen LogP contribution in [0.1, 0.15) is 60.3 Å². The van der Waals surface area contributed by atoms with Crippen LogP contribution in [0.25, 0.3) is 0 Å². The minimum atomic E-state index is -0.0161. The average molecular weight is 410 g/mol. The van der Waals surface area contributed by atoms with Crippen LogP contribution in [0.4, 0.5) is 0 Å². The number of amides is 1. The van der Waals surface area contributed by atoms with Gasteiger partial charge in [0.25, 0.3) is 5.91 Å². The maximum Gasteiger partial charge on any atom is 0.274 e. The molecule has 6 nitrogen and oxygen atoms in total. The molecule has 1 aliphatic heterocycles. The summed E-state index contributed by atoms with van der Waals surface area (Å²) >= 11 is 0. The molecule has 1 saturated heterocycles. The van der Waals surface area contributed by atoms with Gasteiger partial charge in [0, 0.05) is 19.3 Å². The van der Waals surface area contributed by atoms with Gasteiger partial charge in [0.2, 0.25) is 0 Å². The Morgan fingerprint density at radius 3 is 2.50 bits per heavy atom. The molecule has 6 heteroatoms. The van der Waals surface area contributed by atoms with Gasteiger partial charge >= 0.3 is 0 Å². The number of carbonyl (C=O) groups excluding carboxylic acids is 1. The molecule has 30 heavy (non-hydrogen) atoms. The molecule has 1 amide bonds. The van der Waals surface area contributed by atoms with Crippen LogP contribution in [0.5, 0.6) is 11.5 Å². The number of ether oxygens (including phenoxy) is 2. The topological polar surface area (TPSA) is 64.5 Å². The summed E-state index contributed by atoms with van der Waals surface area (Å²) in [6.07, 6.45) is 11.3. The van der Waals surface area contributed by atoms with Gasteiger partial charge in [-0.25, -0.2) is 4.98 Å². The zero-order valence-corrected chi connectivity index (χ0v) is 18.0. The van der Waals surface area contributed by atoms with Gasteiger partial charge in [0.1, 0.15) is 5.69 Å². The third-order valence-corrected chi connectivity index (χ3v) is 6.25. The van der Waals surface area contributed by atoms with Crippen molar-refractivity contribution in [2.24, 2.45) is 5.92 Å². The predicted molar refractivity (Wildman–Crippen MR) is 115 cm³/mol. The lowest BCUT2D eigenvalue weighted by molar-refractivity contribution is 0.0684. The van der Waals surface area contributed by atoms with Crippen LogP contribution in [-0.4, -0.2) is 47.1 Å². The Hall–Kier alpha value is -2.63. The van der Waals surface area contributed by atoms with Crippen molar-refractivity contribution in [2.75, 3.05) is 20.2 Å². The number of hydrogen-bond acceptors (Lipinski definition) is 5. The number of aryl methyl sites for hydroxylation is 1. The van der Waals surface area contributed by atoms with Crippen LogP contribution >= 0.6 is 0 Å². The summed E-state index contributed by atoms with van der Waals surface area (Å²) in [5.74, 6) is 2.22. The quantitative estimate of drug-likeness (QED) is 0.715. The predicted octanol–water partition coefficient (Wildman–Crippen LogP) is 4.21. The molecule has 2 fully saturated rings. The number of benzene rings is 1. The highest BCUT2D eigenvalue weighted by Crippen LogP contribution is 2.34. The van der Waals surface area contributed by atoms with Crippen molar-refractivity contribution >= 4 is 5.91 Å². The fraction of sp³-hybridized carbons (Fsp3) is 0.542. The van der Waals surface area contributed by atoms with Crippen LogP contribution in [-0.2, 0) is 6.42 Å². The maximum absolute atomic E-state index is 12.6. The first-order valence-electron chi connectivity index (χ1n) is 11.0. The molecule has 2 aromatic rings. The molecule has 0 radical (unpaired) electrons. The Kier molecular flexibility index (Phi) is 6.50. The number of hydrogen-bond donors (Lipinski definition) is 0. The normalized spacial score (nSPS) is 17.9. The molecule has 0 unspecified atom stereocenters. The second-order valence-electron chi connectivity index (χ2n) is 8.49. The molecule has 0 atom stereocenters. The van der Waals surface area contributed by atoms with Gasteiger partial charge in [-0.2, -0.15) is 0 Å². The minimum Gasteiger partial charge on any atom is -0.493 e. The summed E-state index contributed by atoms with van der Waals surface area (Å²) in [6, 6.07) is 6.31. The van der Waals surface area contributed by atoms with Crippen molar-refractivity contribution < 1.29 is 14.3 Å². The summed E-state index contributed by atoms with van der Waals surface area (Å²) in [5.41, 5.74) is 2.53. The molecule has 0 bridgehead atoms. The average Bonchev–Trinajstić information content (AvgIpc) is 3.28. The SMILES string of the molecule is COc1ccc(CC2CCN(C(=O)c3cnc(C)cn3)CC2)cc1OC1CCCC1. The van der Waals surface area contributed by atoms with E-state index in [0.29, 0.717) is 17.7 Å². The van der Waals surface area contributed by atoms with Gasteiger partial charge in [0.15, 0.2) is 11.5 Å². The highest BCUT2D eigenvalue weighted by molar-refractivity contribution is 5.92. The number of likely N-dealkylation sites (tertiary alicyclic amines) is 1. The standard InChI is InChI=1S/C24H31N3O3/c1-17-15-26-21(16-25-17)24(28)27-11-9-18(10-12-27)13-19-7-8-22(29-2)23(14-19)30-20-5-3-4-6-20/h7-8,14-16,18,20H,3-6,9-13H2,1-2H3. The van der Waals surface area contributed by atoms with Gasteiger partial charge in [0.05, 0.1) is 25.1 Å². The van der Waals surface area contributed by atoms with Gasteiger partial charge in [-0.05, 0) is 75.5 Å². The lowest BCUT2D eigenvalue weighted by Gasteiger charge is -2.32. The molecule has 1 saturated carbocycles. The smallest absolute Gasteiger partial charge is 0.274 e. The molecule has 2 heterocycles. The van der Waals surface area contributed by atoms with Crippen LogP contribution < -0.4 is 9.47 Å². The number of nitrogens with zero attached hydrogens (tertiary/aromatic N) is 3. The third-order valence-electron chi connectivity index (χ3n) is 6.25. The number of aromatic nitrogens is 2. The van der Waals surface area contributed by atoms with Crippen molar-refractivity contribution in [2.45, 2.75) is 58.0 Å². The lowest BCUT2D eigenvalue weighted by atomic mass is 9.90. The van der Waals surface area contributed by atoms with E-state index in [1.165, 1.54) is 18.4 Å². The Morgan fingerprint density at radius 2 is 1.83 bits per heavy atom. The van der Waals surface area contributed by atoms with E-state index in [1.807, 2.05) is 17.9 Å². The molecule has 4 rings (SSSR count). The van der Waals surface area contributed by atoms with E-state index in [-0.39, 0.29) is 5.91 Å². The fourth-order valence-corrected chi connectivity index (χ4v) is 4.46. The molecule has 2 aliphatic rings. The van der Waals surface area contributed by atoms with E-state index in [2.05, 4.69) is 22.1 Å². The fourth-order valence-electron chi connectivity index (χ4n) is 4.46. The molecular weight excluding hydrogens is 378 g/mol. The van der Waals surface area contributed by atoms with E-state index in [1.54, 1.807) is 19.5 Å². The van der Waals surface area contributed by atoms with Gasteiger partial charge in [-0.3, -0.25) is 9.78 Å². The third kappa shape index (κ3) is 4.91. The van der Waals surface area contributed by atoms with E-state index < -0.39 is 0 Å². The van der Waals surface area contributed by atoms with Crippen molar-refractivity contribution in [1.29, 1.82) is 0 Å². The Balaban J connectivity index is 1.34. The van der Waals surface area contributed by atoms with E-state index in [4.69, 9.17) is 9.47 Å². The zero-order valence-electron chi connectivity index (χ0n) is 18.0. The number of carbonyl (C=O) groups is 1. The number of methoxy groups -OCH3 is 1. The lowest BCUT2D eigenvalue weighted by Crippen LogP contribution is -2.39. The Morgan fingerprint density at radius 1 is 1.07 bits per heavy atom. The van der Waals surface area contributed by atoms with Crippen LogP contribution in [0.3, 0.4) is 0 Å². The van der Waals surface area contributed by atoms with Gasteiger partial charge in [-0.15, -0.1) is 0 Å². The van der Waals surface area contributed by atoms with Crippen LogP contribution in [0, 0.1) is 12.8 Å². The van der Waals surface area contributed by atoms with E-state index in [9.17, 15) is 4.79 Å². The van der Waals surface area contributed by atoms with Crippen LogP contribution in [0.2, 0.25) is 0 Å². The zero-order chi connectivity index (χ0) is 20.9. The summed E-state index contributed by atoms with van der Waals surface area (Å²) in [6.45, 7) is 3.40. The Labute approximate surface area is 178 Å². The number of piperidine rings is 1. The maximum atomic E-state index is 12.6. The molecule has 1 aromatic carbocycles. The summed E-state index contributed by atoms with van der Waals surface area (Å²) in [4.78, 5) is 23.0. The van der Waals surface area contributed by atoms with E-state index >= 15 is 0 Å². The minimum absolute atomic E-state index is 0.0161. The first-order chi connectivity index (χ1) is 14.6. The summed E-state index contributed by atoms with van der Waals surface area (Å²) in [7, 11) is 1.70. The highest BCUT2D eigenvalue weighted by atomic mass is 16.5. The summed E-state index contributed by atoms with van der Waals surface area (Å²) in [5, 5.41) is 0. The molecule has 0 spiro atoms. The second-order valence-corrected chi connectivity index (χ2v) is 8.49. The van der Waals surface area contributed by atoms with Crippen molar-refractivity contribution in [3.05, 3.63) is 47.5 Å². The van der Waals surface area contributed by atoms with Crippen molar-refractivity contribution in [1.82, 2.24) is 14.9 Å². The largest absolute Gasteiger partial charge is 0.493 e. The second kappa shape index (κ2) is 9.45. The van der Waals surface area contributed by atoms with Crippen molar-refractivity contribution in [3.63, 3.8) is 0 Å². The van der Waals surface area contributed by atoms with Crippen molar-refractivity contribution in [3.8, 4) is 11.5 Å². The highest BCUT2D eigenvalue weighted by Gasteiger charge is 2.25. The molecule has 160 valence electrons. The van der Waals surface area contributed by atoms with E-state index in [0.717, 1.165) is 62.4 Å². The molecule has 0 N–H and O–H groups in total. The first kappa shape index (κ1) is 20.6. The summed E-state index contributed by atoms with van der Waals surface area (Å²) < 4.78 is 11.8. The van der Waals surface area contributed by atoms with Gasteiger partial charge in [-0.1, -0.05) is 6.07 Å². The molecular formula is C24H31N3O3. The van der Waals surface area contributed by atoms with Gasteiger partial charge < -0.3 is 14.4 Å². The van der Waals surface area contributed by atoms with Crippen LogP contribution in [0.15, 0.2) is 30.6 Å². The molecule has 1 aliphatic carbocycles. The first-order valence-corrected chi connectivity index (χ1v) is 11.0. The molecule has 1 aromatic heterocycles. The number of rotatable bonds is 6.